The summed E-state index contributed by atoms with van der Waals surface area (Å²) in [4.78, 5) is 0. The smallest absolute Gasteiger partial charge is 0.212 e. The van der Waals surface area contributed by atoms with Crippen LogP contribution in [0, 0.1) is 0 Å². The topological polar surface area (TPSA) is 39.1 Å². The number of hydrogen-bond acceptors (Lipinski definition) is 3. The highest BCUT2D eigenvalue weighted by molar-refractivity contribution is 5.85. The van der Waals surface area contributed by atoms with Crippen LogP contribution in [-0.4, -0.2) is 16.8 Å². The van der Waals surface area contributed by atoms with E-state index in [-0.39, 0.29) is 12.4 Å². The van der Waals surface area contributed by atoms with E-state index in [0.29, 0.717) is 12.6 Å². The minimum atomic E-state index is 0. The van der Waals surface area contributed by atoms with Crippen molar-refractivity contribution in [2.75, 3.05) is 7.05 Å². The molecule has 1 aliphatic carbocycles. The third-order valence-electron chi connectivity index (χ3n) is 4.01. The number of nitrogens with zero attached hydrogens (tertiary/aromatic N) is 2. The predicted molar refractivity (Wildman–Crippen MR) is 90.5 cm³/mol. The van der Waals surface area contributed by atoms with Gasteiger partial charge < -0.3 is 10.1 Å². The number of rotatable bonds is 6. The first-order valence-corrected chi connectivity index (χ1v) is 7.76. The number of ether oxygens (including phenoxy) is 1. The van der Waals surface area contributed by atoms with E-state index in [4.69, 9.17) is 9.84 Å². The molecule has 1 heterocycles. The van der Waals surface area contributed by atoms with Gasteiger partial charge in [0.1, 0.15) is 6.61 Å². The standard InChI is InChI=1S/C17H23N3O.ClH/c1-18-12-15-11-17(20(19-15)16-9-5-6-10-16)21-13-14-7-3-2-4-8-14;/h2-4,7-8,11,16,18H,5-6,9-10,12-13H2,1H3;1H. The van der Waals surface area contributed by atoms with E-state index in [9.17, 15) is 0 Å². The summed E-state index contributed by atoms with van der Waals surface area (Å²) < 4.78 is 8.14. The number of hydrogen-bond donors (Lipinski definition) is 1. The quantitative estimate of drug-likeness (QED) is 0.881. The first-order valence-electron chi connectivity index (χ1n) is 7.76. The molecular formula is C17H24ClN3O. The van der Waals surface area contributed by atoms with Gasteiger partial charge in [0.25, 0.3) is 0 Å². The molecule has 1 N–H and O–H groups in total. The zero-order valence-electron chi connectivity index (χ0n) is 13.0. The first-order chi connectivity index (χ1) is 10.4. The van der Waals surface area contributed by atoms with Crippen LogP contribution in [0.15, 0.2) is 36.4 Å². The molecule has 0 saturated heterocycles. The number of benzene rings is 1. The maximum absolute atomic E-state index is 6.04. The Bertz CT molecular complexity index is 565. The van der Waals surface area contributed by atoms with Crippen molar-refractivity contribution >= 4 is 12.4 Å². The maximum atomic E-state index is 6.04. The number of halogens is 1. The van der Waals surface area contributed by atoms with Crippen LogP contribution < -0.4 is 10.1 Å². The summed E-state index contributed by atoms with van der Waals surface area (Å²) in [6.07, 6.45) is 5.01. The van der Waals surface area contributed by atoms with Crippen molar-refractivity contribution in [1.29, 1.82) is 0 Å². The van der Waals surface area contributed by atoms with Crippen molar-refractivity contribution in [3.05, 3.63) is 47.7 Å². The van der Waals surface area contributed by atoms with Gasteiger partial charge in [-0.25, -0.2) is 4.68 Å². The molecule has 0 unspecified atom stereocenters. The monoisotopic (exact) mass is 321 g/mol. The van der Waals surface area contributed by atoms with E-state index >= 15 is 0 Å². The maximum Gasteiger partial charge on any atom is 0.212 e. The molecule has 3 rings (SSSR count). The Hall–Kier alpha value is -1.52. The molecule has 4 nitrogen and oxygen atoms in total. The van der Waals surface area contributed by atoms with Crippen LogP contribution in [0.4, 0.5) is 0 Å². The van der Waals surface area contributed by atoms with Crippen LogP contribution in [0.25, 0.3) is 0 Å². The van der Waals surface area contributed by atoms with Gasteiger partial charge in [-0.3, -0.25) is 0 Å². The molecule has 22 heavy (non-hydrogen) atoms. The highest BCUT2D eigenvalue weighted by atomic mass is 35.5. The molecule has 1 aromatic carbocycles. The van der Waals surface area contributed by atoms with E-state index in [2.05, 4.69) is 28.2 Å². The lowest BCUT2D eigenvalue weighted by atomic mass is 10.2. The van der Waals surface area contributed by atoms with Gasteiger partial charge in [-0.1, -0.05) is 43.2 Å². The fourth-order valence-corrected chi connectivity index (χ4v) is 2.94. The summed E-state index contributed by atoms with van der Waals surface area (Å²) >= 11 is 0. The Morgan fingerprint density at radius 3 is 2.64 bits per heavy atom. The Balaban J connectivity index is 0.00000176. The lowest BCUT2D eigenvalue weighted by Gasteiger charge is -2.14. The summed E-state index contributed by atoms with van der Waals surface area (Å²) in [5, 5.41) is 7.88. The lowest BCUT2D eigenvalue weighted by molar-refractivity contribution is 0.259. The van der Waals surface area contributed by atoms with E-state index in [1.54, 1.807) is 0 Å². The van der Waals surface area contributed by atoms with Crippen molar-refractivity contribution in [2.24, 2.45) is 0 Å². The van der Waals surface area contributed by atoms with Crippen LogP contribution >= 0.6 is 12.4 Å². The molecule has 1 fully saturated rings. The molecule has 2 aromatic rings. The number of aromatic nitrogens is 2. The third kappa shape index (κ3) is 4.02. The minimum Gasteiger partial charge on any atom is -0.473 e. The van der Waals surface area contributed by atoms with Gasteiger partial charge in [0.2, 0.25) is 5.88 Å². The zero-order chi connectivity index (χ0) is 14.5. The Labute approximate surface area is 138 Å². The molecule has 0 radical (unpaired) electrons. The van der Waals surface area contributed by atoms with Crippen molar-refractivity contribution < 1.29 is 4.74 Å². The second-order valence-corrected chi connectivity index (χ2v) is 5.66. The largest absolute Gasteiger partial charge is 0.473 e. The molecule has 0 atom stereocenters. The van der Waals surface area contributed by atoms with Crippen molar-refractivity contribution in [1.82, 2.24) is 15.1 Å². The summed E-state index contributed by atoms with van der Waals surface area (Å²) in [5.74, 6) is 0.899. The summed E-state index contributed by atoms with van der Waals surface area (Å²) in [6.45, 7) is 1.37. The van der Waals surface area contributed by atoms with Crippen molar-refractivity contribution in [3.8, 4) is 5.88 Å². The Morgan fingerprint density at radius 2 is 1.95 bits per heavy atom. The highest BCUT2D eigenvalue weighted by Crippen LogP contribution is 2.33. The van der Waals surface area contributed by atoms with E-state index in [1.165, 1.54) is 31.2 Å². The van der Waals surface area contributed by atoms with Crippen LogP contribution in [-0.2, 0) is 13.2 Å². The average Bonchev–Trinajstić information content (AvgIpc) is 3.15. The second-order valence-electron chi connectivity index (χ2n) is 5.66. The van der Waals surface area contributed by atoms with Gasteiger partial charge in [0, 0.05) is 12.6 Å². The van der Waals surface area contributed by atoms with Gasteiger partial charge in [0.15, 0.2) is 0 Å². The van der Waals surface area contributed by atoms with Gasteiger partial charge in [0.05, 0.1) is 11.7 Å². The van der Waals surface area contributed by atoms with Gasteiger partial charge >= 0.3 is 0 Å². The average molecular weight is 322 g/mol. The van der Waals surface area contributed by atoms with Gasteiger partial charge in [-0.15, -0.1) is 12.4 Å². The van der Waals surface area contributed by atoms with Crippen LogP contribution in [0.2, 0.25) is 0 Å². The predicted octanol–water partition coefficient (Wildman–Crippen LogP) is 3.72. The molecule has 0 aliphatic heterocycles. The molecule has 1 aromatic heterocycles. The highest BCUT2D eigenvalue weighted by Gasteiger charge is 2.22. The van der Waals surface area contributed by atoms with E-state index < -0.39 is 0 Å². The minimum absolute atomic E-state index is 0. The molecule has 0 amide bonds. The van der Waals surface area contributed by atoms with Crippen molar-refractivity contribution in [2.45, 2.75) is 44.9 Å². The van der Waals surface area contributed by atoms with Gasteiger partial charge in [-0.05, 0) is 25.5 Å². The number of nitrogens with one attached hydrogen (secondary N) is 1. The molecule has 0 bridgehead atoms. The molecule has 5 heteroatoms. The van der Waals surface area contributed by atoms with E-state index in [1.807, 2.05) is 25.2 Å². The summed E-state index contributed by atoms with van der Waals surface area (Å²) in [6, 6.07) is 12.9. The van der Waals surface area contributed by atoms with Crippen LogP contribution in [0.3, 0.4) is 0 Å². The van der Waals surface area contributed by atoms with Crippen molar-refractivity contribution in [3.63, 3.8) is 0 Å². The fourth-order valence-electron chi connectivity index (χ4n) is 2.94. The normalized spacial score (nSPS) is 14.8. The summed E-state index contributed by atoms with van der Waals surface area (Å²) in [5.41, 5.74) is 2.24. The van der Waals surface area contributed by atoms with Gasteiger partial charge in [-0.2, -0.15) is 5.10 Å². The first kappa shape index (κ1) is 16.8. The third-order valence-corrected chi connectivity index (χ3v) is 4.01. The molecular weight excluding hydrogens is 298 g/mol. The van der Waals surface area contributed by atoms with E-state index in [0.717, 1.165) is 18.1 Å². The SMILES string of the molecule is CNCc1cc(OCc2ccccc2)n(C2CCCC2)n1.Cl. The summed E-state index contributed by atoms with van der Waals surface area (Å²) in [7, 11) is 1.94. The molecule has 1 saturated carbocycles. The Morgan fingerprint density at radius 1 is 1.23 bits per heavy atom. The Kier molecular flexibility index (Phi) is 6.28. The molecule has 1 aliphatic rings. The lowest BCUT2D eigenvalue weighted by Crippen LogP contribution is -2.11. The van der Waals surface area contributed by atoms with Crippen LogP contribution in [0.5, 0.6) is 5.88 Å². The molecule has 120 valence electrons. The van der Waals surface area contributed by atoms with Crippen LogP contribution in [0.1, 0.15) is 43.0 Å². The second kappa shape index (κ2) is 8.20. The molecule has 0 spiro atoms. The fraction of sp³-hybridized carbons (Fsp3) is 0.471. The zero-order valence-corrected chi connectivity index (χ0v) is 13.8.